The molecule has 16 nitrogen and oxygen atoms in total. The Hall–Kier alpha value is -3.86. The first-order valence-corrected chi connectivity index (χ1v) is 11.3. The molecule has 200 valence electrons. The first-order chi connectivity index (χ1) is 16.9. The van der Waals surface area contributed by atoms with Gasteiger partial charge in [0, 0.05) is 30.6 Å². The standard InChI is InChI=1S/C19H31N9O7S/c20-10(4-9-6-23-8-25-9)15(31)28-13(7-36)17(33)27-12(5-14(29)30)16(32)26-11(18(34)35)2-1-3-24-19(21)22/h6,8,10-13,36H,1-5,7,20H2,(H,23,25)(H,26,32)(H,27,33)(H,28,31)(H,29,30)(H,34,35)(H4,21,22,24). The van der Waals surface area contributed by atoms with Gasteiger partial charge in [0.2, 0.25) is 17.7 Å². The van der Waals surface area contributed by atoms with Crippen LogP contribution in [0.25, 0.3) is 0 Å². The number of hydrogen-bond acceptors (Lipinski definition) is 9. The maximum absolute atomic E-state index is 12.7. The maximum Gasteiger partial charge on any atom is 0.326 e. The lowest BCUT2D eigenvalue weighted by molar-refractivity contribution is -0.143. The van der Waals surface area contributed by atoms with Crippen LogP contribution in [0.3, 0.4) is 0 Å². The van der Waals surface area contributed by atoms with Gasteiger partial charge in [-0.3, -0.25) is 24.2 Å². The number of carboxylic acid groups (broad SMARTS) is 2. The number of carboxylic acids is 2. The van der Waals surface area contributed by atoms with Crippen LogP contribution < -0.4 is 33.2 Å². The zero-order valence-corrected chi connectivity index (χ0v) is 20.1. The van der Waals surface area contributed by atoms with Gasteiger partial charge in [-0.25, -0.2) is 9.78 Å². The van der Waals surface area contributed by atoms with Gasteiger partial charge in [-0.15, -0.1) is 0 Å². The number of aromatic nitrogens is 2. The summed E-state index contributed by atoms with van der Waals surface area (Å²) in [6.45, 7) is 0.114. The van der Waals surface area contributed by atoms with Crippen molar-refractivity contribution in [2.24, 2.45) is 22.2 Å². The summed E-state index contributed by atoms with van der Waals surface area (Å²) in [5.74, 6) is -5.82. The minimum atomic E-state index is -1.63. The normalized spacial score (nSPS) is 13.9. The average Bonchev–Trinajstić information content (AvgIpc) is 3.30. The lowest BCUT2D eigenvalue weighted by atomic mass is 10.1. The molecule has 1 rings (SSSR count). The lowest BCUT2D eigenvalue weighted by Gasteiger charge is -2.23. The SMILES string of the molecule is NC(N)=NCCCC(NC(=O)C(CC(=O)O)NC(=O)C(CS)NC(=O)C(N)Cc1cnc[nH]1)C(=O)O. The van der Waals surface area contributed by atoms with E-state index in [0.29, 0.717) is 5.69 Å². The summed E-state index contributed by atoms with van der Waals surface area (Å²) < 4.78 is 0. The molecule has 0 saturated carbocycles. The van der Waals surface area contributed by atoms with E-state index < -0.39 is 60.2 Å². The number of hydrogen-bond donors (Lipinski definition) is 10. The number of nitrogens with zero attached hydrogens (tertiary/aromatic N) is 2. The van der Waals surface area contributed by atoms with E-state index in [4.69, 9.17) is 22.3 Å². The Kier molecular flexibility index (Phi) is 12.7. The van der Waals surface area contributed by atoms with Crippen molar-refractivity contribution in [3.8, 4) is 0 Å². The van der Waals surface area contributed by atoms with Gasteiger partial charge in [-0.05, 0) is 12.8 Å². The zero-order valence-electron chi connectivity index (χ0n) is 19.2. The molecule has 0 saturated heterocycles. The smallest absolute Gasteiger partial charge is 0.326 e. The maximum atomic E-state index is 12.7. The molecule has 0 spiro atoms. The van der Waals surface area contributed by atoms with Crippen molar-refractivity contribution >= 4 is 48.2 Å². The van der Waals surface area contributed by atoms with Crippen molar-refractivity contribution in [1.29, 1.82) is 0 Å². The van der Waals surface area contributed by atoms with E-state index in [0.717, 1.165) is 0 Å². The first kappa shape index (κ1) is 30.2. The van der Waals surface area contributed by atoms with Crippen molar-refractivity contribution < 1.29 is 34.2 Å². The number of carbonyl (C=O) groups excluding carboxylic acids is 3. The molecule has 0 aliphatic rings. The molecule has 1 aromatic rings. The first-order valence-electron chi connectivity index (χ1n) is 10.7. The number of H-pyrrole nitrogens is 1. The molecule has 3 amide bonds. The van der Waals surface area contributed by atoms with Gasteiger partial charge < -0.3 is 48.3 Å². The van der Waals surface area contributed by atoms with Gasteiger partial charge in [0.05, 0.1) is 18.8 Å². The Labute approximate surface area is 211 Å². The molecule has 4 atom stereocenters. The molecule has 0 fully saturated rings. The summed E-state index contributed by atoms with van der Waals surface area (Å²) in [7, 11) is 0. The highest BCUT2D eigenvalue weighted by atomic mass is 32.1. The molecule has 0 bridgehead atoms. The van der Waals surface area contributed by atoms with E-state index in [2.05, 4.69) is 43.5 Å². The summed E-state index contributed by atoms with van der Waals surface area (Å²) in [6.07, 6.45) is 2.31. The molecule has 1 heterocycles. The van der Waals surface area contributed by atoms with Crippen LogP contribution >= 0.6 is 12.6 Å². The number of aliphatic carboxylic acids is 2. The highest BCUT2D eigenvalue weighted by molar-refractivity contribution is 7.80. The third-order valence-electron chi connectivity index (χ3n) is 4.72. The number of imidazole rings is 1. The van der Waals surface area contributed by atoms with Gasteiger partial charge in [-0.1, -0.05) is 0 Å². The number of nitrogens with one attached hydrogen (secondary N) is 4. The summed E-state index contributed by atoms with van der Waals surface area (Å²) in [5, 5.41) is 25.3. The Balaban J connectivity index is 2.80. The quantitative estimate of drug-likeness (QED) is 0.0430. The molecule has 0 aliphatic carbocycles. The van der Waals surface area contributed by atoms with Gasteiger partial charge >= 0.3 is 11.9 Å². The summed E-state index contributed by atoms with van der Waals surface area (Å²) in [5.41, 5.74) is 16.8. The fourth-order valence-corrected chi connectivity index (χ4v) is 3.15. The third kappa shape index (κ3) is 11.0. The van der Waals surface area contributed by atoms with E-state index in [1.807, 2.05) is 0 Å². The summed E-state index contributed by atoms with van der Waals surface area (Å²) in [6, 6.07) is -5.31. The van der Waals surface area contributed by atoms with Crippen LogP contribution in [0.4, 0.5) is 0 Å². The topological polar surface area (TPSA) is 281 Å². The molecule has 36 heavy (non-hydrogen) atoms. The number of aromatic amines is 1. The van der Waals surface area contributed by atoms with Gasteiger partial charge in [0.15, 0.2) is 5.96 Å². The zero-order chi connectivity index (χ0) is 27.3. The molecular formula is C19H31N9O7S. The molecule has 4 unspecified atom stereocenters. The summed E-state index contributed by atoms with van der Waals surface area (Å²) >= 11 is 4.02. The van der Waals surface area contributed by atoms with Crippen molar-refractivity contribution in [2.45, 2.75) is 49.9 Å². The van der Waals surface area contributed by atoms with E-state index in [9.17, 15) is 29.1 Å². The summed E-state index contributed by atoms with van der Waals surface area (Å²) in [4.78, 5) is 70.8. The van der Waals surface area contributed by atoms with Gasteiger partial charge in [0.25, 0.3) is 0 Å². The highest BCUT2D eigenvalue weighted by Gasteiger charge is 2.31. The van der Waals surface area contributed by atoms with Crippen molar-refractivity contribution in [3.63, 3.8) is 0 Å². The predicted molar refractivity (Wildman–Crippen MR) is 130 cm³/mol. The molecule has 17 heteroatoms. The van der Waals surface area contributed by atoms with Crippen molar-refractivity contribution in [3.05, 3.63) is 18.2 Å². The largest absolute Gasteiger partial charge is 0.481 e. The predicted octanol–water partition coefficient (Wildman–Crippen LogP) is -3.72. The Morgan fingerprint density at radius 3 is 2.17 bits per heavy atom. The number of guanidine groups is 1. The minimum absolute atomic E-state index is 0.0604. The molecule has 0 aliphatic heterocycles. The highest BCUT2D eigenvalue weighted by Crippen LogP contribution is 2.03. The number of aliphatic imine (C=N–C) groups is 1. The van der Waals surface area contributed by atoms with E-state index >= 15 is 0 Å². The van der Waals surface area contributed by atoms with Crippen LogP contribution in [0, 0.1) is 0 Å². The van der Waals surface area contributed by atoms with Crippen LogP contribution in [-0.4, -0.2) is 92.3 Å². The van der Waals surface area contributed by atoms with Crippen LogP contribution in [0.2, 0.25) is 0 Å². The number of thiol groups is 1. The second-order valence-electron chi connectivity index (χ2n) is 7.64. The number of carbonyl (C=O) groups is 5. The number of rotatable bonds is 16. The molecular weight excluding hydrogens is 498 g/mol. The van der Waals surface area contributed by atoms with Crippen LogP contribution in [0.5, 0.6) is 0 Å². The van der Waals surface area contributed by atoms with Gasteiger partial charge in [-0.2, -0.15) is 12.6 Å². The Morgan fingerprint density at radius 2 is 1.64 bits per heavy atom. The van der Waals surface area contributed by atoms with E-state index in [-0.39, 0.29) is 37.5 Å². The van der Waals surface area contributed by atoms with E-state index in [1.165, 1.54) is 12.5 Å². The molecule has 0 aromatic carbocycles. The van der Waals surface area contributed by atoms with Crippen LogP contribution in [-0.2, 0) is 30.4 Å². The Morgan fingerprint density at radius 1 is 1.03 bits per heavy atom. The van der Waals surface area contributed by atoms with Gasteiger partial charge in [0.1, 0.15) is 18.1 Å². The fourth-order valence-electron chi connectivity index (χ4n) is 2.89. The van der Waals surface area contributed by atoms with Crippen LogP contribution in [0.1, 0.15) is 25.0 Å². The number of nitrogens with two attached hydrogens (primary N) is 3. The number of amides is 3. The fraction of sp³-hybridized carbons (Fsp3) is 0.526. The third-order valence-corrected chi connectivity index (χ3v) is 5.08. The molecule has 12 N–H and O–H groups in total. The lowest BCUT2D eigenvalue weighted by Crippen LogP contribution is -2.58. The van der Waals surface area contributed by atoms with Crippen molar-refractivity contribution in [1.82, 2.24) is 25.9 Å². The molecule has 0 radical (unpaired) electrons. The minimum Gasteiger partial charge on any atom is -0.481 e. The van der Waals surface area contributed by atoms with E-state index in [1.54, 1.807) is 0 Å². The Bertz CT molecular complexity index is 938. The monoisotopic (exact) mass is 529 g/mol. The second-order valence-corrected chi connectivity index (χ2v) is 8.00. The van der Waals surface area contributed by atoms with Crippen molar-refractivity contribution in [2.75, 3.05) is 12.3 Å². The molecule has 1 aromatic heterocycles. The van der Waals surface area contributed by atoms with Crippen LogP contribution in [0.15, 0.2) is 17.5 Å². The second kappa shape index (κ2) is 15.2. The average molecular weight is 530 g/mol.